The number of nitrogens with zero attached hydrogens (tertiary/aromatic N) is 1. The van der Waals surface area contributed by atoms with Crippen LogP contribution in [-0.2, 0) is 9.59 Å². The second-order valence-corrected chi connectivity index (χ2v) is 4.87. The zero-order chi connectivity index (χ0) is 11.7. The van der Waals surface area contributed by atoms with Crippen LogP contribution in [0.1, 0.15) is 26.2 Å². The summed E-state index contributed by atoms with van der Waals surface area (Å²) in [5, 5.41) is 2.72. The Morgan fingerprint density at radius 3 is 2.81 bits per heavy atom. The highest BCUT2D eigenvalue weighted by Gasteiger charge is 2.33. The smallest absolute Gasteiger partial charge is 0.245 e. The van der Waals surface area contributed by atoms with Crippen LogP contribution in [-0.4, -0.2) is 41.9 Å². The molecule has 0 aromatic rings. The first-order chi connectivity index (χ1) is 7.58. The van der Waals surface area contributed by atoms with Crippen LogP contribution in [0.4, 0.5) is 0 Å². The molecule has 3 atom stereocenters. The standard InChI is InChI=1S/C11H19N3O2/c1-7-6-14(5-4-8(7)12)11(16)9-2-3-10(15)13-9/h7-9H,2-6,12H2,1H3,(H,13,15)/t7?,8?,9-/m0/s1. The second kappa shape index (κ2) is 4.41. The molecule has 2 fully saturated rings. The fourth-order valence-electron chi connectivity index (χ4n) is 2.38. The van der Waals surface area contributed by atoms with Gasteiger partial charge in [-0.05, 0) is 18.8 Å². The molecule has 2 rings (SSSR count). The van der Waals surface area contributed by atoms with E-state index in [0.29, 0.717) is 25.3 Å². The minimum absolute atomic E-state index is 0.0138. The Labute approximate surface area is 95.3 Å². The van der Waals surface area contributed by atoms with Crippen LogP contribution in [0, 0.1) is 5.92 Å². The summed E-state index contributed by atoms with van der Waals surface area (Å²) in [6, 6.07) is -0.101. The van der Waals surface area contributed by atoms with Crippen LogP contribution in [0.5, 0.6) is 0 Å². The molecule has 0 bridgehead atoms. The van der Waals surface area contributed by atoms with Gasteiger partial charge in [0.15, 0.2) is 0 Å². The van der Waals surface area contributed by atoms with E-state index in [1.54, 1.807) is 0 Å². The highest BCUT2D eigenvalue weighted by atomic mass is 16.2. The Morgan fingerprint density at radius 1 is 1.50 bits per heavy atom. The Morgan fingerprint density at radius 2 is 2.25 bits per heavy atom. The topological polar surface area (TPSA) is 75.4 Å². The van der Waals surface area contributed by atoms with Crippen LogP contribution >= 0.6 is 0 Å². The van der Waals surface area contributed by atoms with Gasteiger partial charge >= 0.3 is 0 Å². The molecule has 2 heterocycles. The molecule has 0 radical (unpaired) electrons. The molecule has 0 spiro atoms. The van der Waals surface area contributed by atoms with Gasteiger partial charge in [0.25, 0.3) is 0 Å². The molecule has 2 unspecified atom stereocenters. The summed E-state index contributed by atoms with van der Waals surface area (Å²) in [6.45, 7) is 3.50. The van der Waals surface area contributed by atoms with Crippen molar-refractivity contribution in [2.24, 2.45) is 11.7 Å². The van der Waals surface area contributed by atoms with Gasteiger partial charge in [-0.1, -0.05) is 6.92 Å². The van der Waals surface area contributed by atoms with Gasteiger partial charge in [0.1, 0.15) is 6.04 Å². The summed E-state index contributed by atoms with van der Waals surface area (Å²) in [6.07, 6.45) is 1.96. The van der Waals surface area contributed by atoms with E-state index in [4.69, 9.17) is 5.73 Å². The number of piperidine rings is 1. The zero-order valence-corrected chi connectivity index (χ0v) is 9.61. The summed E-state index contributed by atoms with van der Waals surface area (Å²) < 4.78 is 0. The summed E-state index contributed by atoms with van der Waals surface area (Å²) in [5.41, 5.74) is 5.91. The van der Waals surface area contributed by atoms with Gasteiger partial charge in [0, 0.05) is 25.6 Å². The first kappa shape index (κ1) is 11.4. The predicted molar refractivity (Wildman–Crippen MR) is 59.5 cm³/mol. The quantitative estimate of drug-likeness (QED) is 0.629. The Kier molecular flexibility index (Phi) is 3.14. The lowest BCUT2D eigenvalue weighted by molar-refractivity contribution is -0.136. The SMILES string of the molecule is CC1CN(C(=O)[C@@H]2CCC(=O)N2)CCC1N. The van der Waals surface area contributed by atoms with Gasteiger partial charge in [-0.2, -0.15) is 0 Å². The van der Waals surface area contributed by atoms with Crippen molar-refractivity contribution in [2.45, 2.75) is 38.3 Å². The number of hydrogen-bond donors (Lipinski definition) is 2. The Bertz CT molecular complexity index is 306. The van der Waals surface area contributed by atoms with Gasteiger partial charge in [0.05, 0.1) is 0 Å². The lowest BCUT2D eigenvalue weighted by Crippen LogP contribution is -2.52. The summed E-state index contributed by atoms with van der Waals surface area (Å²) in [4.78, 5) is 25.0. The van der Waals surface area contributed by atoms with Gasteiger partial charge in [-0.25, -0.2) is 0 Å². The van der Waals surface area contributed by atoms with Crippen molar-refractivity contribution in [3.05, 3.63) is 0 Å². The molecule has 3 N–H and O–H groups in total. The van der Waals surface area contributed by atoms with Crippen LogP contribution in [0.3, 0.4) is 0 Å². The highest BCUT2D eigenvalue weighted by Crippen LogP contribution is 2.18. The number of nitrogens with two attached hydrogens (primary N) is 1. The molecule has 2 aliphatic rings. The lowest BCUT2D eigenvalue weighted by Gasteiger charge is -2.36. The molecule has 90 valence electrons. The molecule has 0 aromatic carbocycles. The highest BCUT2D eigenvalue weighted by molar-refractivity contribution is 5.90. The molecule has 2 amide bonds. The van der Waals surface area contributed by atoms with E-state index < -0.39 is 0 Å². The van der Waals surface area contributed by atoms with Crippen molar-refractivity contribution in [3.8, 4) is 0 Å². The summed E-state index contributed by atoms with van der Waals surface area (Å²) in [7, 11) is 0. The van der Waals surface area contributed by atoms with Crippen LogP contribution in [0.2, 0.25) is 0 Å². The van der Waals surface area contributed by atoms with Crippen molar-refractivity contribution in [3.63, 3.8) is 0 Å². The van der Waals surface area contributed by atoms with Crippen molar-refractivity contribution in [1.82, 2.24) is 10.2 Å². The van der Waals surface area contributed by atoms with Crippen molar-refractivity contribution < 1.29 is 9.59 Å². The molecule has 16 heavy (non-hydrogen) atoms. The molecule has 2 aliphatic heterocycles. The monoisotopic (exact) mass is 225 g/mol. The molecule has 0 saturated carbocycles. The molecule has 5 heteroatoms. The van der Waals surface area contributed by atoms with E-state index in [9.17, 15) is 9.59 Å². The third-order valence-corrected chi connectivity index (χ3v) is 3.58. The van der Waals surface area contributed by atoms with Gasteiger partial charge in [-0.3, -0.25) is 9.59 Å². The largest absolute Gasteiger partial charge is 0.344 e. The maximum atomic E-state index is 12.1. The van der Waals surface area contributed by atoms with E-state index in [2.05, 4.69) is 12.2 Å². The second-order valence-electron chi connectivity index (χ2n) is 4.87. The van der Waals surface area contributed by atoms with Crippen molar-refractivity contribution in [2.75, 3.05) is 13.1 Å². The zero-order valence-electron chi connectivity index (χ0n) is 9.61. The van der Waals surface area contributed by atoms with Gasteiger partial charge < -0.3 is 16.0 Å². The minimum Gasteiger partial charge on any atom is -0.344 e. The van der Waals surface area contributed by atoms with Crippen LogP contribution < -0.4 is 11.1 Å². The average Bonchev–Trinajstić information content (AvgIpc) is 2.68. The maximum Gasteiger partial charge on any atom is 0.245 e. The van der Waals surface area contributed by atoms with Crippen LogP contribution in [0.25, 0.3) is 0 Å². The fourth-order valence-corrected chi connectivity index (χ4v) is 2.38. The third-order valence-electron chi connectivity index (χ3n) is 3.58. The minimum atomic E-state index is -0.297. The predicted octanol–water partition coefficient (Wildman–Crippen LogP) is -0.539. The normalized spacial score (nSPS) is 35.0. The van der Waals surface area contributed by atoms with E-state index in [1.165, 1.54) is 0 Å². The molecular weight excluding hydrogens is 206 g/mol. The Hall–Kier alpha value is -1.10. The molecule has 0 aliphatic carbocycles. The van der Waals surface area contributed by atoms with Crippen molar-refractivity contribution >= 4 is 11.8 Å². The van der Waals surface area contributed by atoms with E-state index in [1.807, 2.05) is 4.90 Å². The molecule has 0 aromatic heterocycles. The van der Waals surface area contributed by atoms with Crippen molar-refractivity contribution in [1.29, 1.82) is 0 Å². The number of amides is 2. The number of likely N-dealkylation sites (tertiary alicyclic amines) is 1. The summed E-state index contributed by atoms with van der Waals surface area (Å²) in [5.74, 6) is 0.388. The molecule has 2 saturated heterocycles. The number of hydrogen-bond acceptors (Lipinski definition) is 3. The molecular formula is C11H19N3O2. The number of carbonyl (C=O) groups is 2. The maximum absolute atomic E-state index is 12.1. The lowest BCUT2D eigenvalue weighted by atomic mass is 9.94. The Balaban J connectivity index is 1.92. The van der Waals surface area contributed by atoms with E-state index in [0.717, 1.165) is 13.0 Å². The van der Waals surface area contributed by atoms with Gasteiger partial charge in [0.2, 0.25) is 11.8 Å². The first-order valence-electron chi connectivity index (χ1n) is 5.91. The third kappa shape index (κ3) is 2.19. The van der Waals surface area contributed by atoms with E-state index >= 15 is 0 Å². The van der Waals surface area contributed by atoms with Gasteiger partial charge in [-0.15, -0.1) is 0 Å². The average molecular weight is 225 g/mol. The number of rotatable bonds is 1. The van der Waals surface area contributed by atoms with Crippen LogP contribution in [0.15, 0.2) is 0 Å². The summed E-state index contributed by atoms with van der Waals surface area (Å²) >= 11 is 0. The van der Waals surface area contributed by atoms with E-state index in [-0.39, 0.29) is 23.9 Å². The number of carbonyl (C=O) groups excluding carboxylic acids is 2. The first-order valence-corrected chi connectivity index (χ1v) is 5.91. The number of nitrogens with one attached hydrogen (secondary N) is 1. The fraction of sp³-hybridized carbons (Fsp3) is 0.818. The molecule has 5 nitrogen and oxygen atoms in total.